The zero-order valence-corrected chi connectivity index (χ0v) is 19.5. The molecule has 0 amide bonds. The Kier molecular flexibility index (Phi) is 6.56. The Hall–Kier alpha value is -3.46. The van der Waals surface area contributed by atoms with E-state index in [-0.39, 0.29) is 11.2 Å². The van der Waals surface area contributed by atoms with E-state index in [1.807, 2.05) is 18.2 Å². The largest absolute Gasteiger partial charge is 0.493 e. The van der Waals surface area contributed by atoms with Crippen LogP contribution in [0.4, 0.5) is 19.0 Å². The van der Waals surface area contributed by atoms with Crippen molar-refractivity contribution in [1.29, 1.82) is 0 Å². The second-order valence-electron chi connectivity index (χ2n) is 7.61. The fourth-order valence-corrected chi connectivity index (χ4v) is 3.84. The third-order valence-electron chi connectivity index (χ3n) is 5.29. The molecule has 0 saturated heterocycles. The van der Waals surface area contributed by atoms with Gasteiger partial charge in [0, 0.05) is 23.3 Å². The van der Waals surface area contributed by atoms with E-state index < -0.39 is 11.9 Å². The van der Waals surface area contributed by atoms with Gasteiger partial charge in [-0.05, 0) is 48.7 Å². The van der Waals surface area contributed by atoms with Crippen molar-refractivity contribution in [1.82, 2.24) is 14.6 Å². The number of nitrogens with zero attached hydrogens (tertiary/aromatic N) is 3. The molecule has 6 nitrogen and oxygen atoms in total. The van der Waals surface area contributed by atoms with Crippen molar-refractivity contribution < 1.29 is 22.6 Å². The Morgan fingerprint density at radius 3 is 2.35 bits per heavy atom. The lowest BCUT2D eigenvalue weighted by Crippen LogP contribution is -2.11. The molecule has 4 aromatic rings. The van der Waals surface area contributed by atoms with E-state index >= 15 is 0 Å². The van der Waals surface area contributed by atoms with Crippen LogP contribution >= 0.6 is 11.6 Å². The number of alkyl halides is 3. The van der Waals surface area contributed by atoms with Crippen molar-refractivity contribution in [3.05, 3.63) is 70.5 Å². The molecule has 1 N–H and O–H groups in total. The molecule has 2 heterocycles. The van der Waals surface area contributed by atoms with Crippen molar-refractivity contribution in [3.63, 3.8) is 0 Å². The molecule has 2 aromatic heterocycles. The van der Waals surface area contributed by atoms with E-state index in [1.54, 1.807) is 39.3 Å². The van der Waals surface area contributed by atoms with Gasteiger partial charge in [-0.1, -0.05) is 29.8 Å². The van der Waals surface area contributed by atoms with Gasteiger partial charge in [0.25, 0.3) is 0 Å². The molecule has 0 aliphatic carbocycles. The lowest BCUT2D eigenvalue weighted by Gasteiger charge is -2.12. The van der Waals surface area contributed by atoms with Crippen LogP contribution in [-0.4, -0.2) is 35.4 Å². The summed E-state index contributed by atoms with van der Waals surface area (Å²) in [5, 5.41) is 7.52. The maximum Gasteiger partial charge on any atom is 0.435 e. The summed E-state index contributed by atoms with van der Waals surface area (Å²) < 4.78 is 53.5. The second-order valence-corrected chi connectivity index (χ2v) is 8.05. The molecule has 0 unspecified atom stereocenters. The first-order valence-corrected chi connectivity index (χ1v) is 10.8. The number of aryl methyl sites for hydroxylation is 1. The summed E-state index contributed by atoms with van der Waals surface area (Å²) in [7, 11) is 3.12. The van der Waals surface area contributed by atoms with E-state index in [2.05, 4.69) is 15.4 Å². The quantitative estimate of drug-likeness (QED) is 0.342. The summed E-state index contributed by atoms with van der Waals surface area (Å²) in [4.78, 5) is 4.37. The number of halogens is 4. The molecule has 0 saturated carbocycles. The second kappa shape index (κ2) is 9.42. The molecule has 178 valence electrons. The van der Waals surface area contributed by atoms with E-state index in [0.717, 1.165) is 5.56 Å². The molecule has 0 aliphatic heterocycles. The van der Waals surface area contributed by atoms with Gasteiger partial charge in [-0.15, -0.1) is 0 Å². The van der Waals surface area contributed by atoms with Crippen molar-refractivity contribution in [2.75, 3.05) is 26.1 Å². The fourth-order valence-electron chi connectivity index (χ4n) is 3.72. The average molecular weight is 491 g/mol. The molecule has 0 fully saturated rings. The van der Waals surface area contributed by atoms with Crippen molar-refractivity contribution in [3.8, 4) is 22.6 Å². The first kappa shape index (κ1) is 23.7. The lowest BCUT2D eigenvalue weighted by molar-refractivity contribution is -0.140. The summed E-state index contributed by atoms with van der Waals surface area (Å²) in [6.45, 7) is 2.18. The molecule has 0 aliphatic rings. The third-order valence-corrected chi connectivity index (χ3v) is 5.54. The minimum Gasteiger partial charge on any atom is -0.493 e. The van der Waals surface area contributed by atoms with E-state index in [0.29, 0.717) is 46.6 Å². The first-order valence-electron chi connectivity index (χ1n) is 10.4. The predicted octanol–water partition coefficient (Wildman–Crippen LogP) is 6.05. The van der Waals surface area contributed by atoms with E-state index in [1.165, 1.54) is 16.6 Å². The summed E-state index contributed by atoms with van der Waals surface area (Å²) in [5.41, 5.74) is 0.895. The van der Waals surface area contributed by atoms with Crippen LogP contribution in [-0.2, 0) is 12.6 Å². The number of fused-ring (bicyclic) bond motifs is 1. The Balaban J connectivity index is 1.69. The molecule has 34 heavy (non-hydrogen) atoms. The van der Waals surface area contributed by atoms with Gasteiger partial charge in [-0.3, -0.25) is 0 Å². The number of nitrogens with one attached hydrogen (secondary N) is 1. The van der Waals surface area contributed by atoms with Crippen LogP contribution in [0.5, 0.6) is 11.5 Å². The summed E-state index contributed by atoms with van der Waals surface area (Å²) in [6, 6.07) is 13.4. The van der Waals surface area contributed by atoms with Gasteiger partial charge in [-0.2, -0.15) is 22.8 Å². The third kappa shape index (κ3) is 4.75. The van der Waals surface area contributed by atoms with Crippen LogP contribution in [0.2, 0.25) is 5.02 Å². The zero-order valence-electron chi connectivity index (χ0n) is 18.7. The highest BCUT2D eigenvalue weighted by Crippen LogP contribution is 2.39. The van der Waals surface area contributed by atoms with Crippen molar-refractivity contribution >= 4 is 23.1 Å². The standard InChI is InChI=1S/C24H22ClF3N4O2/c1-14-12-20(29-11-10-15-4-9-18(33-2)19(13-15)34-3)32-23(30-14)21(22(31-32)24(26,27)28)16-5-7-17(25)8-6-16/h4-9,12-13,29H,10-11H2,1-3H3. The molecule has 2 aromatic carbocycles. The minimum atomic E-state index is -4.66. The van der Waals surface area contributed by atoms with Crippen LogP contribution in [0.3, 0.4) is 0 Å². The van der Waals surface area contributed by atoms with Crippen LogP contribution in [0.25, 0.3) is 16.8 Å². The SMILES string of the molecule is COc1ccc(CCNc2cc(C)nc3c(-c4ccc(Cl)cc4)c(C(F)(F)F)nn23)cc1OC. The van der Waals surface area contributed by atoms with Crippen LogP contribution < -0.4 is 14.8 Å². The Morgan fingerprint density at radius 2 is 1.71 bits per heavy atom. The van der Waals surface area contributed by atoms with Gasteiger partial charge >= 0.3 is 6.18 Å². The summed E-state index contributed by atoms with van der Waals surface area (Å²) in [5.74, 6) is 1.64. The molecule has 0 spiro atoms. The van der Waals surface area contributed by atoms with Gasteiger partial charge in [0.15, 0.2) is 22.8 Å². The highest BCUT2D eigenvalue weighted by Gasteiger charge is 2.39. The summed E-state index contributed by atoms with van der Waals surface area (Å²) >= 11 is 5.93. The predicted molar refractivity (Wildman–Crippen MR) is 125 cm³/mol. The van der Waals surface area contributed by atoms with Crippen LogP contribution in [0.1, 0.15) is 17.0 Å². The Labute approximate surface area is 199 Å². The fraction of sp³-hybridized carbons (Fsp3) is 0.250. The first-order chi connectivity index (χ1) is 16.2. The van der Waals surface area contributed by atoms with Crippen LogP contribution in [0, 0.1) is 6.92 Å². The molecule has 0 bridgehead atoms. The number of aromatic nitrogens is 3. The topological polar surface area (TPSA) is 60.7 Å². The highest BCUT2D eigenvalue weighted by atomic mass is 35.5. The number of benzene rings is 2. The van der Waals surface area contributed by atoms with E-state index in [4.69, 9.17) is 21.1 Å². The zero-order chi connectivity index (χ0) is 24.5. The van der Waals surface area contributed by atoms with E-state index in [9.17, 15) is 13.2 Å². The monoisotopic (exact) mass is 490 g/mol. The Morgan fingerprint density at radius 1 is 1.00 bits per heavy atom. The van der Waals surface area contributed by atoms with Gasteiger partial charge in [0.1, 0.15) is 5.82 Å². The van der Waals surface area contributed by atoms with Crippen molar-refractivity contribution in [2.45, 2.75) is 19.5 Å². The normalized spacial score (nSPS) is 11.6. The lowest BCUT2D eigenvalue weighted by atomic mass is 10.1. The Bertz CT molecular complexity index is 1320. The smallest absolute Gasteiger partial charge is 0.435 e. The molecule has 4 rings (SSSR count). The molecular formula is C24H22ClF3N4O2. The maximum atomic E-state index is 13.9. The molecular weight excluding hydrogens is 469 g/mol. The van der Waals surface area contributed by atoms with Gasteiger partial charge in [0.05, 0.1) is 19.8 Å². The van der Waals surface area contributed by atoms with Crippen molar-refractivity contribution in [2.24, 2.45) is 0 Å². The molecule has 0 radical (unpaired) electrons. The van der Waals surface area contributed by atoms with Gasteiger partial charge in [-0.25, -0.2) is 4.98 Å². The maximum absolute atomic E-state index is 13.9. The average Bonchev–Trinajstić information content (AvgIpc) is 3.19. The molecule has 10 heteroatoms. The number of hydrogen-bond donors (Lipinski definition) is 1. The minimum absolute atomic E-state index is 0.0872. The number of hydrogen-bond acceptors (Lipinski definition) is 5. The molecule has 0 atom stereocenters. The summed E-state index contributed by atoms with van der Waals surface area (Å²) in [6.07, 6.45) is -4.06. The van der Waals surface area contributed by atoms with Gasteiger partial charge < -0.3 is 14.8 Å². The number of anilines is 1. The number of rotatable bonds is 7. The number of ether oxygens (including phenoxy) is 2. The highest BCUT2D eigenvalue weighted by molar-refractivity contribution is 6.30. The van der Waals surface area contributed by atoms with Crippen LogP contribution in [0.15, 0.2) is 48.5 Å². The number of methoxy groups -OCH3 is 2. The van der Waals surface area contributed by atoms with Gasteiger partial charge in [0.2, 0.25) is 0 Å².